The van der Waals surface area contributed by atoms with Crippen LogP contribution in [0.5, 0.6) is 17.2 Å². The summed E-state index contributed by atoms with van der Waals surface area (Å²) in [4.78, 5) is 2.33. The Morgan fingerprint density at radius 2 is 0.895 bits per heavy atom. The number of hydrogen-bond donors (Lipinski definition) is 2. The van der Waals surface area contributed by atoms with Crippen LogP contribution in [0.2, 0.25) is 0 Å². The van der Waals surface area contributed by atoms with Crippen LogP contribution in [0.4, 0.5) is 5.69 Å². The van der Waals surface area contributed by atoms with Crippen LogP contribution in [-0.2, 0) is 26.4 Å². The quantitative estimate of drug-likeness (QED) is 0.0801. The van der Waals surface area contributed by atoms with Crippen molar-refractivity contribution in [2.45, 2.75) is 44.8 Å². The lowest BCUT2D eigenvalue weighted by Crippen LogP contribution is -2.30. The van der Waals surface area contributed by atoms with E-state index < -0.39 is 6.10 Å². The number of nitrogens with zero attached hydrogens (tertiary/aromatic N) is 1. The molecule has 0 heterocycles. The molecule has 6 nitrogen and oxygen atoms in total. The van der Waals surface area contributed by atoms with Crippen molar-refractivity contribution in [3.63, 3.8) is 0 Å². The Labute approximate surface area is 336 Å². The van der Waals surface area contributed by atoms with Crippen LogP contribution >= 0.6 is 0 Å². The van der Waals surface area contributed by atoms with Gasteiger partial charge in [-0.2, -0.15) is 0 Å². The standard InChI is InChI=1S/C51H50N2O4/c52-49-33-45(25-30-51(49)57-38-42-19-11-4-12-20-42)50(54)35-53(34-39-13-5-1-6-14-39)32-31-48(43-21-26-46(27-22-43)55-36-40-15-7-2-8-16-40)44-23-28-47(29-24-44)56-37-41-17-9-3-10-18-41/h1-30,33,48,50,54H,31-32,34-38,52H2. The van der Waals surface area contributed by atoms with Gasteiger partial charge in [-0.25, -0.2) is 0 Å². The van der Waals surface area contributed by atoms with E-state index in [0.29, 0.717) is 44.3 Å². The first-order valence-corrected chi connectivity index (χ1v) is 19.6. The molecule has 1 unspecified atom stereocenters. The van der Waals surface area contributed by atoms with Gasteiger partial charge in [-0.05, 0) is 88.3 Å². The largest absolute Gasteiger partial charge is 0.489 e. The number of anilines is 1. The van der Waals surface area contributed by atoms with Crippen LogP contribution in [0.15, 0.2) is 188 Å². The Kier molecular flexibility index (Phi) is 13.7. The van der Waals surface area contributed by atoms with Gasteiger partial charge in [-0.3, -0.25) is 4.90 Å². The second-order valence-electron chi connectivity index (χ2n) is 14.3. The van der Waals surface area contributed by atoms with E-state index in [1.165, 1.54) is 16.7 Å². The predicted molar refractivity (Wildman–Crippen MR) is 229 cm³/mol. The maximum atomic E-state index is 11.7. The van der Waals surface area contributed by atoms with E-state index in [9.17, 15) is 5.11 Å². The van der Waals surface area contributed by atoms with Crippen molar-refractivity contribution in [1.82, 2.24) is 4.90 Å². The Morgan fingerprint density at radius 1 is 0.474 bits per heavy atom. The molecule has 0 saturated heterocycles. The molecular formula is C51H50N2O4. The molecule has 0 aliphatic carbocycles. The number of hydrogen-bond acceptors (Lipinski definition) is 6. The Hall–Kier alpha value is -6.34. The van der Waals surface area contributed by atoms with Crippen LogP contribution in [0.25, 0.3) is 0 Å². The summed E-state index contributed by atoms with van der Waals surface area (Å²) in [7, 11) is 0. The zero-order valence-corrected chi connectivity index (χ0v) is 32.2. The normalized spacial score (nSPS) is 11.7. The molecule has 7 aromatic carbocycles. The summed E-state index contributed by atoms with van der Waals surface area (Å²) in [5.41, 5.74) is 14.6. The number of aliphatic hydroxyl groups is 1. The van der Waals surface area contributed by atoms with Crippen LogP contribution in [0, 0.1) is 0 Å². The number of nitrogens with two attached hydrogens (primary N) is 1. The van der Waals surface area contributed by atoms with Gasteiger partial charge < -0.3 is 25.1 Å². The van der Waals surface area contributed by atoms with Gasteiger partial charge in [0.05, 0.1) is 11.8 Å². The van der Waals surface area contributed by atoms with Gasteiger partial charge >= 0.3 is 0 Å². The third kappa shape index (κ3) is 11.6. The predicted octanol–water partition coefficient (Wildman–Crippen LogP) is 10.8. The number of nitrogen functional groups attached to an aromatic ring is 1. The smallest absolute Gasteiger partial charge is 0.142 e. The zero-order valence-electron chi connectivity index (χ0n) is 32.2. The fourth-order valence-electron chi connectivity index (χ4n) is 6.98. The molecule has 0 radical (unpaired) electrons. The van der Waals surface area contributed by atoms with E-state index in [-0.39, 0.29) is 5.92 Å². The maximum absolute atomic E-state index is 11.7. The second kappa shape index (κ2) is 20.0. The van der Waals surface area contributed by atoms with Crippen molar-refractivity contribution >= 4 is 5.69 Å². The van der Waals surface area contributed by atoms with Gasteiger partial charge in [0.25, 0.3) is 0 Å². The SMILES string of the molecule is Nc1cc(C(O)CN(CCC(c2ccc(OCc3ccccc3)cc2)c2ccc(OCc3ccccc3)cc2)Cc2ccccc2)ccc1OCc1ccccc1. The van der Waals surface area contributed by atoms with E-state index in [2.05, 4.69) is 102 Å². The summed E-state index contributed by atoms with van der Waals surface area (Å²) in [5, 5.41) is 11.7. The molecule has 288 valence electrons. The Balaban J connectivity index is 1.08. The van der Waals surface area contributed by atoms with Crippen molar-refractivity contribution in [1.29, 1.82) is 0 Å². The van der Waals surface area contributed by atoms with Crippen LogP contribution in [0.3, 0.4) is 0 Å². The van der Waals surface area contributed by atoms with Crippen molar-refractivity contribution in [3.05, 3.63) is 227 Å². The first-order valence-electron chi connectivity index (χ1n) is 19.6. The fraction of sp³-hybridized carbons (Fsp3) is 0.176. The molecule has 0 aliphatic heterocycles. The molecule has 0 spiro atoms. The van der Waals surface area contributed by atoms with E-state index >= 15 is 0 Å². The summed E-state index contributed by atoms with van der Waals surface area (Å²) in [6.45, 7) is 3.31. The van der Waals surface area contributed by atoms with E-state index in [4.69, 9.17) is 19.9 Å². The highest BCUT2D eigenvalue weighted by Gasteiger charge is 2.20. The molecule has 1 atom stereocenters. The number of rotatable bonds is 19. The second-order valence-corrected chi connectivity index (χ2v) is 14.3. The highest BCUT2D eigenvalue weighted by atomic mass is 16.5. The summed E-state index contributed by atoms with van der Waals surface area (Å²) in [6.07, 6.45) is 0.0716. The van der Waals surface area contributed by atoms with E-state index in [0.717, 1.165) is 46.7 Å². The average molecular weight is 755 g/mol. The maximum Gasteiger partial charge on any atom is 0.142 e. The first kappa shape index (κ1) is 38.9. The van der Waals surface area contributed by atoms with Crippen molar-refractivity contribution in [2.24, 2.45) is 0 Å². The Morgan fingerprint density at radius 3 is 1.35 bits per heavy atom. The molecular weight excluding hydrogens is 705 g/mol. The minimum absolute atomic E-state index is 0.0865. The van der Waals surface area contributed by atoms with Crippen LogP contribution < -0.4 is 19.9 Å². The monoisotopic (exact) mass is 754 g/mol. The topological polar surface area (TPSA) is 77.2 Å². The summed E-state index contributed by atoms with van der Waals surface area (Å²) in [5.74, 6) is 2.35. The highest BCUT2D eigenvalue weighted by molar-refractivity contribution is 5.54. The molecule has 0 aliphatic rings. The third-order valence-corrected chi connectivity index (χ3v) is 10.1. The molecule has 0 amide bonds. The van der Waals surface area contributed by atoms with Crippen LogP contribution in [-0.4, -0.2) is 23.1 Å². The van der Waals surface area contributed by atoms with Gasteiger partial charge in [0, 0.05) is 19.0 Å². The molecule has 0 aromatic heterocycles. The zero-order chi connectivity index (χ0) is 39.1. The molecule has 0 fully saturated rings. The molecule has 3 N–H and O–H groups in total. The number of ether oxygens (including phenoxy) is 3. The average Bonchev–Trinajstić information content (AvgIpc) is 3.26. The van der Waals surface area contributed by atoms with Crippen LogP contribution in [0.1, 0.15) is 57.4 Å². The van der Waals surface area contributed by atoms with Gasteiger partial charge in [0.1, 0.15) is 37.1 Å². The lowest BCUT2D eigenvalue weighted by Gasteiger charge is -2.28. The van der Waals surface area contributed by atoms with Gasteiger partial charge in [-0.15, -0.1) is 0 Å². The third-order valence-electron chi connectivity index (χ3n) is 10.1. The minimum Gasteiger partial charge on any atom is -0.489 e. The van der Waals surface area contributed by atoms with Gasteiger partial charge in [-0.1, -0.05) is 152 Å². The molecule has 0 saturated carbocycles. The van der Waals surface area contributed by atoms with Crippen molar-refractivity contribution in [3.8, 4) is 17.2 Å². The van der Waals surface area contributed by atoms with Crippen molar-refractivity contribution in [2.75, 3.05) is 18.8 Å². The molecule has 7 rings (SSSR count). The van der Waals surface area contributed by atoms with Gasteiger partial charge in [0.2, 0.25) is 0 Å². The van der Waals surface area contributed by atoms with Gasteiger partial charge in [0.15, 0.2) is 0 Å². The summed E-state index contributed by atoms with van der Waals surface area (Å²) >= 11 is 0. The fourth-order valence-corrected chi connectivity index (χ4v) is 6.98. The minimum atomic E-state index is -0.750. The summed E-state index contributed by atoms with van der Waals surface area (Å²) < 4.78 is 18.3. The molecule has 6 heteroatoms. The number of benzene rings is 7. The number of aliphatic hydroxyl groups excluding tert-OH is 1. The highest BCUT2D eigenvalue weighted by Crippen LogP contribution is 2.33. The van der Waals surface area contributed by atoms with E-state index in [1.54, 1.807) is 0 Å². The first-order chi connectivity index (χ1) is 28.1. The molecule has 7 aromatic rings. The van der Waals surface area contributed by atoms with E-state index in [1.807, 2.05) is 91.0 Å². The lowest BCUT2D eigenvalue weighted by atomic mass is 9.88. The summed E-state index contributed by atoms with van der Waals surface area (Å²) in [6, 6.07) is 63.4. The Bertz CT molecular complexity index is 2130. The molecule has 57 heavy (non-hydrogen) atoms. The molecule has 0 bridgehead atoms. The van der Waals surface area contributed by atoms with Crippen molar-refractivity contribution < 1.29 is 19.3 Å². The lowest BCUT2D eigenvalue weighted by molar-refractivity contribution is 0.107.